The van der Waals surface area contributed by atoms with Crippen LogP contribution in [-0.4, -0.2) is 45.3 Å². The van der Waals surface area contributed by atoms with Crippen LogP contribution in [0, 0.1) is 6.92 Å². The van der Waals surface area contributed by atoms with Gasteiger partial charge in [0.1, 0.15) is 23.2 Å². The molecule has 1 fully saturated rings. The van der Waals surface area contributed by atoms with Crippen LogP contribution in [0.15, 0.2) is 42.6 Å². The number of ether oxygens (including phenoxy) is 3. The molecule has 0 atom stereocenters. The van der Waals surface area contributed by atoms with Crippen molar-refractivity contribution in [2.24, 2.45) is 0 Å². The normalized spacial score (nSPS) is 14.8. The van der Waals surface area contributed by atoms with Gasteiger partial charge in [-0.15, -0.1) is 0 Å². The zero-order chi connectivity index (χ0) is 21.2. The van der Waals surface area contributed by atoms with Crippen LogP contribution in [0.1, 0.15) is 29.2 Å². The fourth-order valence-electron chi connectivity index (χ4n) is 3.79. The van der Waals surface area contributed by atoms with Gasteiger partial charge in [0, 0.05) is 36.0 Å². The van der Waals surface area contributed by atoms with E-state index in [1.54, 1.807) is 7.11 Å². The second-order valence-corrected chi connectivity index (χ2v) is 8.49. The van der Waals surface area contributed by atoms with Crippen LogP contribution in [0.2, 0.25) is 0 Å². The van der Waals surface area contributed by atoms with Crippen LogP contribution in [0.4, 0.5) is 0 Å². The largest absolute Gasteiger partial charge is 0.497 e. The van der Waals surface area contributed by atoms with E-state index in [4.69, 9.17) is 24.2 Å². The first-order chi connectivity index (χ1) is 15.2. The number of aromatic nitrogens is 4. The minimum absolute atomic E-state index is 0.0876. The molecule has 1 saturated heterocycles. The molecule has 0 unspecified atom stereocenters. The lowest BCUT2D eigenvalue weighted by Gasteiger charge is -2.23. The molecule has 7 nitrogen and oxygen atoms in total. The summed E-state index contributed by atoms with van der Waals surface area (Å²) >= 11 is 1.49. The quantitative estimate of drug-likeness (QED) is 0.448. The van der Waals surface area contributed by atoms with Crippen LogP contribution < -0.4 is 9.47 Å². The van der Waals surface area contributed by atoms with Crippen LogP contribution in [-0.2, 0) is 11.2 Å². The molecule has 1 aliphatic rings. The maximum absolute atomic E-state index is 6.43. The Morgan fingerprint density at radius 2 is 1.94 bits per heavy atom. The zero-order valence-corrected chi connectivity index (χ0v) is 18.4. The van der Waals surface area contributed by atoms with Gasteiger partial charge in [-0.1, -0.05) is 0 Å². The molecule has 160 valence electrons. The molecule has 0 saturated carbocycles. The van der Waals surface area contributed by atoms with Gasteiger partial charge in [-0.2, -0.15) is 9.36 Å². The molecule has 4 aromatic rings. The van der Waals surface area contributed by atoms with E-state index in [2.05, 4.69) is 15.0 Å². The van der Waals surface area contributed by atoms with Gasteiger partial charge in [-0.3, -0.25) is 0 Å². The Bertz CT molecular complexity index is 1180. The Morgan fingerprint density at radius 3 is 2.65 bits per heavy atom. The van der Waals surface area contributed by atoms with Crippen LogP contribution >= 0.6 is 11.5 Å². The highest BCUT2D eigenvalue weighted by atomic mass is 32.1. The Labute approximate surface area is 184 Å². The Kier molecular flexibility index (Phi) is 5.57. The molecule has 5 rings (SSSR count). The van der Waals surface area contributed by atoms with Crippen molar-refractivity contribution >= 4 is 22.6 Å². The monoisotopic (exact) mass is 436 g/mol. The van der Waals surface area contributed by atoms with Gasteiger partial charge in [-0.05, 0) is 54.9 Å². The second-order valence-electron chi connectivity index (χ2n) is 7.60. The van der Waals surface area contributed by atoms with E-state index in [9.17, 15) is 0 Å². The van der Waals surface area contributed by atoms with E-state index in [0.717, 1.165) is 51.7 Å². The molecule has 0 aliphatic carbocycles. The Hall–Kier alpha value is -2.97. The summed E-state index contributed by atoms with van der Waals surface area (Å²) in [4.78, 5) is 10.8. The predicted molar refractivity (Wildman–Crippen MR) is 120 cm³/mol. The smallest absolute Gasteiger partial charge is 0.242 e. The minimum Gasteiger partial charge on any atom is -0.497 e. The molecule has 1 aromatic carbocycles. The lowest BCUT2D eigenvalue weighted by atomic mass is 10.1. The van der Waals surface area contributed by atoms with Crippen molar-refractivity contribution < 1.29 is 14.2 Å². The zero-order valence-electron chi connectivity index (χ0n) is 17.6. The number of aryl methyl sites for hydroxylation is 1. The lowest BCUT2D eigenvalue weighted by Crippen LogP contribution is -2.26. The summed E-state index contributed by atoms with van der Waals surface area (Å²) in [7, 11) is 1.67. The van der Waals surface area contributed by atoms with Crippen molar-refractivity contribution in [3.8, 4) is 17.3 Å². The Morgan fingerprint density at radius 1 is 1.13 bits per heavy atom. The number of nitrogens with zero attached hydrogens (tertiary/aromatic N) is 4. The highest BCUT2D eigenvalue weighted by molar-refractivity contribution is 7.05. The third-order valence-electron chi connectivity index (χ3n) is 5.35. The number of hydrogen-bond donors (Lipinski definition) is 0. The van der Waals surface area contributed by atoms with Gasteiger partial charge in [-0.25, -0.2) is 4.98 Å². The van der Waals surface area contributed by atoms with E-state index >= 15 is 0 Å². The molecule has 0 N–H and O–H groups in total. The molecule has 1 aliphatic heterocycles. The number of rotatable bonds is 6. The number of methoxy groups -OCH3 is 1. The van der Waals surface area contributed by atoms with E-state index in [-0.39, 0.29) is 6.10 Å². The van der Waals surface area contributed by atoms with E-state index < -0.39 is 0 Å². The summed E-state index contributed by atoms with van der Waals surface area (Å²) < 4.78 is 23.7. The van der Waals surface area contributed by atoms with Gasteiger partial charge >= 0.3 is 0 Å². The number of fused-ring (bicyclic) bond motifs is 1. The summed E-state index contributed by atoms with van der Waals surface area (Å²) in [6.45, 7) is 3.43. The van der Waals surface area contributed by atoms with Crippen LogP contribution in [0.25, 0.3) is 16.7 Å². The summed E-state index contributed by atoms with van der Waals surface area (Å²) in [6, 6.07) is 12.0. The average Bonchev–Trinajstić information content (AvgIpc) is 3.41. The average molecular weight is 437 g/mol. The molecule has 3 aromatic heterocycles. The first-order valence-corrected chi connectivity index (χ1v) is 11.2. The first-order valence-electron chi connectivity index (χ1n) is 10.4. The summed E-state index contributed by atoms with van der Waals surface area (Å²) in [5, 5.41) is 0. The van der Waals surface area contributed by atoms with Crippen molar-refractivity contribution in [3.05, 3.63) is 59.0 Å². The molecule has 0 amide bonds. The van der Waals surface area contributed by atoms with E-state index in [1.165, 1.54) is 11.5 Å². The third kappa shape index (κ3) is 4.26. The second kappa shape index (κ2) is 8.64. The van der Waals surface area contributed by atoms with Crippen molar-refractivity contribution in [1.82, 2.24) is 18.9 Å². The molecule has 31 heavy (non-hydrogen) atoms. The topological polar surface area (TPSA) is 71.3 Å². The van der Waals surface area contributed by atoms with Crippen LogP contribution in [0.3, 0.4) is 0 Å². The highest BCUT2D eigenvalue weighted by Crippen LogP contribution is 2.30. The van der Waals surface area contributed by atoms with Gasteiger partial charge < -0.3 is 18.8 Å². The van der Waals surface area contributed by atoms with Crippen molar-refractivity contribution in [2.45, 2.75) is 32.3 Å². The highest BCUT2D eigenvalue weighted by Gasteiger charge is 2.21. The van der Waals surface area contributed by atoms with Gasteiger partial charge in [0.15, 0.2) is 0 Å². The maximum atomic E-state index is 6.43. The lowest BCUT2D eigenvalue weighted by molar-refractivity contribution is 0.0242. The van der Waals surface area contributed by atoms with Gasteiger partial charge in [0.2, 0.25) is 5.88 Å². The van der Waals surface area contributed by atoms with Crippen molar-refractivity contribution in [3.63, 3.8) is 0 Å². The minimum atomic E-state index is 0.0876. The molecular weight excluding hydrogens is 412 g/mol. The van der Waals surface area contributed by atoms with E-state index in [1.807, 2.05) is 43.5 Å². The molecule has 8 heteroatoms. The number of benzene rings is 1. The van der Waals surface area contributed by atoms with Gasteiger partial charge in [0.25, 0.3) is 0 Å². The van der Waals surface area contributed by atoms with Gasteiger partial charge in [0.05, 0.1) is 31.5 Å². The van der Waals surface area contributed by atoms with E-state index in [0.29, 0.717) is 25.5 Å². The maximum Gasteiger partial charge on any atom is 0.242 e. The molecule has 4 heterocycles. The fourth-order valence-corrected chi connectivity index (χ4v) is 4.52. The summed E-state index contributed by atoms with van der Waals surface area (Å²) in [5.41, 5.74) is 3.76. The van der Waals surface area contributed by atoms with Crippen molar-refractivity contribution in [1.29, 1.82) is 0 Å². The summed E-state index contributed by atoms with van der Waals surface area (Å²) in [6.07, 6.45) is 4.46. The van der Waals surface area contributed by atoms with Crippen molar-refractivity contribution in [2.75, 3.05) is 20.3 Å². The predicted octanol–water partition coefficient (Wildman–Crippen LogP) is 4.34. The molecule has 0 radical (unpaired) electrons. The summed E-state index contributed by atoms with van der Waals surface area (Å²) in [5.74, 6) is 2.18. The molecular formula is C23H24N4O3S. The van der Waals surface area contributed by atoms with Crippen LogP contribution in [0.5, 0.6) is 11.6 Å². The molecule has 0 bridgehead atoms. The Balaban J connectivity index is 1.56. The SMILES string of the molecule is COc1ccc(-n2ccc3nc(Cc4cc(C)ns4)nc(OC4CCOCC4)c32)cc1. The standard InChI is InChI=1S/C23H24N4O3S/c1-15-13-19(31-26-15)14-21-24-20-7-10-27(16-3-5-17(28-2)6-4-16)22(20)23(25-21)30-18-8-11-29-12-9-18/h3-7,10,13,18H,8-9,11-12,14H2,1-2H3. The number of hydrogen-bond acceptors (Lipinski definition) is 7. The third-order valence-corrected chi connectivity index (χ3v) is 6.23. The fraction of sp³-hybridized carbons (Fsp3) is 0.348. The first kappa shape index (κ1) is 20.0. The molecule has 0 spiro atoms.